The first kappa shape index (κ1) is 12.1. The number of nitrogens with zero attached hydrogens (tertiary/aromatic N) is 4. The van der Waals surface area contributed by atoms with Gasteiger partial charge in [0.05, 0.1) is 29.4 Å². The second kappa shape index (κ2) is 4.61. The molecule has 0 atom stereocenters. The number of carbonyl (C=O) groups is 1. The summed E-state index contributed by atoms with van der Waals surface area (Å²) < 4.78 is 1.92. The van der Waals surface area contributed by atoms with Crippen molar-refractivity contribution in [2.45, 2.75) is 0 Å². The Morgan fingerprint density at radius 3 is 2.95 bits per heavy atom. The molecule has 0 aliphatic rings. The molecule has 0 spiro atoms. The quantitative estimate of drug-likeness (QED) is 0.743. The molecule has 0 radical (unpaired) electrons. The summed E-state index contributed by atoms with van der Waals surface area (Å²) in [6.07, 6.45) is 3.23. The summed E-state index contributed by atoms with van der Waals surface area (Å²) in [6.45, 7) is 0. The normalized spacial score (nSPS) is 10.7. The number of hydrogen-bond acceptors (Lipinski definition) is 5. The van der Waals surface area contributed by atoms with E-state index in [0.717, 1.165) is 16.7 Å². The number of benzene rings is 1. The molecule has 20 heavy (non-hydrogen) atoms. The fourth-order valence-electron chi connectivity index (χ4n) is 2.02. The van der Waals surface area contributed by atoms with E-state index < -0.39 is 5.91 Å². The Bertz CT molecular complexity index is 794. The molecule has 1 aromatic carbocycles. The number of carbonyl (C=O) groups excluding carboxylic acids is 1. The van der Waals surface area contributed by atoms with E-state index in [1.54, 1.807) is 12.4 Å². The molecule has 0 unspecified atom stereocenters. The summed E-state index contributed by atoms with van der Waals surface area (Å²) in [5.74, 6) is -0.631. The van der Waals surface area contributed by atoms with Gasteiger partial charge in [0.2, 0.25) is 0 Å². The van der Waals surface area contributed by atoms with E-state index in [1.165, 1.54) is 6.20 Å². The lowest BCUT2D eigenvalue weighted by atomic mass is 10.2. The summed E-state index contributed by atoms with van der Waals surface area (Å²) in [4.78, 5) is 15.7. The number of imidazole rings is 1. The van der Waals surface area contributed by atoms with Gasteiger partial charge in [-0.15, -0.1) is 5.10 Å². The van der Waals surface area contributed by atoms with Gasteiger partial charge in [-0.05, 0) is 18.2 Å². The van der Waals surface area contributed by atoms with Crippen molar-refractivity contribution in [2.24, 2.45) is 12.8 Å². The molecule has 3 rings (SSSR count). The Balaban J connectivity index is 2.08. The number of amides is 1. The van der Waals surface area contributed by atoms with Crippen molar-refractivity contribution in [3.05, 3.63) is 42.5 Å². The molecule has 0 fully saturated rings. The van der Waals surface area contributed by atoms with Gasteiger partial charge in [-0.25, -0.2) is 4.98 Å². The van der Waals surface area contributed by atoms with Gasteiger partial charge in [0.1, 0.15) is 5.52 Å². The molecule has 7 nitrogen and oxygen atoms in total. The molecule has 0 aliphatic heterocycles. The monoisotopic (exact) mass is 268 g/mol. The highest BCUT2D eigenvalue weighted by molar-refractivity contribution is 5.98. The van der Waals surface area contributed by atoms with Crippen molar-refractivity contribution < 1.29 is 4.79 Å². The van der Waals surface area contributed by atoms with Gasteiger partial charge >= 0.3 is 0 Å². The van der Waals surface area contributed by atoms with Crippen molar-refractivity contribution in [3.8, 4) is 0 Å². The van der Waals surface area contributed by atoms with Gasteiger partial charge in [-0.3, -0.25) is 4.79 Å². The molecular weight excluding hydrogens is 256 g/mol. The second-order valence-electron chi connectivity index (χ2n) is 4.31. The molecule has 7 heteroatoms. The van der Waals surface area contributed by atoms with Gasteiger partial charge < -0.3 is 15.6 Å². The Morgan fingerprint density at radius 2 is 2.15 bits per heavy atom. The number of aryl methyl sites for hydroxylation is 1. The highest BCUT2D eigenvalue weighted by atomic mass is 16.1. The SMILES string of the molecule is Cn1cnc2c(Nc3ccnnc3C(N)=O)cccc21. The van der Waals surface area contributed by atoms with Crippen molar-refractivity contribution in [1.29, 1.82) is 0 Å². The van der Waals surface area contributed by atoms with Crippen LogP contribution < -0.4 is 11.1 Å². The lowest BCUT2D eigenvalue weighted by Crippen LogP contribution is -2.16. The van der Waals surface area contributed by atoms with Crippen molar-refractivity contribution in [2.75, 3.05) is 5.32 Å². The van der Waals surface area contributed by atoms with E-state index >= 15 is 0 Å². The first-order chi connectivity index (χ1) is 9.66. The minimum atomic E-state index is -0.631. The smallest absolute Gasteiger partial charge is 0.271 e. The summed E-state index contributed by atoms with van der Waals surface area (Å²) in [6, 6.07) is 7.40. The number of nitrogens with one attached hydrogen (secondary N) is 1. The van der Waals surface area contributed by atoms with E-state index in [2.05, 4.69) is 20.5 Å². The van der Waals surface area contributed by atoms with E-state index in [1.807, 2.05) is 29.8 Å². The van der Waals surface area contributed by atoms with Gasteiger partial charge in [0.15, 0.2) is 5.69 Å². The zero-order chi connectivity index (χ0) is 14.1. The second-order valence-corrected chi connectivity index (χ2v) is 4.31. The highest BCUT2D eigenvalue weighted by Gasteiger charge is 2.12. The maximum absolute atomic E-state index is 11.3. The molecule has 3 N–H and O–H groups in total. The maximum atomic E-state index is 11.3. The lowest BCUT2D eigenvalue weighted by molar-refractivity contribution is 0.0995. The average molecular weight is 268 g/mol. The summed E-state index contributed by atoms with van der Waals surface area (Å²) in [5.41, 5.74) is 8.45. The zero-order valence-electron chi connectivity index (χ0n) is 10.7. The van der Waals surface area contributed by atoms with Crippen LogP contribution in [0.5, 0.6) is 0 Å². The number of hydrogen-bond donors (Lipinski definition) is 2. The van der Waals surface area contributed by atoms with Crippen LogP contribution in [-0.4, -0.2) is 25.7 Å². The van der Waals surface area contributed by atoms with Crippen LogP contribution in [0.25, 0.3) is 11.0 Å². The van der Waals surface area contributed by atoms with Gasteiger partial charge in [-0.1, -0.05) is 6.07 Å². The zero-order valence-corrected chi connectivity index (χ0v) is 10.7. The third-order valence-electron chi connectivity index (χ3n) is 2.98. The minimum absolute atomic E-state index is 0.0976. The molecule has 1 amide bonds. The molecular formula is C13H12N6O. The van der Waals surface area contributed by atoms with Crippen molar-refractivity contribution in [1.82, 2.24) is 19.7 Å². The lowest BCUT2D eigenvalue weighted by Gasteiger charge is -2.09. The number of nitrogens with two attached hydrogens (primary N) is 1. The van der Waals surface area contributed by atoms with Gasteiger partial charge in [-0.2, -0.15) is 5.10 Å². The van der Waals surface area contributed by atoms with Crippen molar-refractivity contribution in [3.63, 3.8) is 0 Å². The third-order valence-corrected chi connectivity index (χ3v) is 2.98. The van der Waals surface area contributed by atoms with Crippen molar-refractivity contribution >= 4 is 28.3 Å². The summed E-state index contributed by atoms with van der Waals surface area (Å²) >= 11 is 0. The van der Waals surface area contributed by atoms with Crippen LogP contribution in [-0.2, 0) is 7.05 Å². The highest BCUT2D eigenvalue weighted by Crippen LogP contribution is 2.25. The molecule has 0 saturated carbocycles. The minimum Gasteiger partial charge on any atom is -0.364 e. The number of rotatable bonds is 3. The van der Waals surface area contributed by atoms with E-state index in [9.17, 15) is 4.79 Å². The molecule has 3 aromatic rings. The van der Waals surface area contributed by atoms with Crippen LogP contribution in [0.1, 0.15) is 10.5 Å². The number of fused-ring (bicyclic) bond motifs is 1. The van der Waals surface area contributed by atoms with E-state index in [4.69, 9.17) is 5.73 Å². The number of anilines is 2. The third kappa shape index (κ3) is 1.95. The fourth-order valence-corrected chi connectivity index (χ4v) is 2.02. The van der Waals surface area contributed by atoms with Crippen LogP contribution in [0.15, 0.2) is 36.8 Å². The largest absolute Gasteiger partial charge is 0.364 e. The molecule has 100 valence electrons. The molecule has 2 heterocycles. The van der Waals surface area contributed by atoms with Crippen LogP contribution in [0.4, 0.5) is 11.4 Å². The average Bonchev–Trinajstić information content (AvgIpc) is 2.82. The Kier molecular flexibility index (Phi) is 2.79. The Morgan fingerprint density at radius 1 is 1.30 bits per heavy atom. The van der Waals surface area contributed by atoms with E-state index in [-0.39, 0.29) is 5.69 Å². The van der Waals surface area contributed by atoms with Gasteiger partial charge in [0.25, 0.3) is 5.91 Å². The number of para-hydroxylation sites is 1. The van der Waals surface area contributed by atoms with E-state index in [0.29, 0.717) is 5.69 Å². The standard InChI is InChI=1S/C13H12N6O/c1-19-7-15-11-8(3-2-4-10(11)19)17-9-5-6-16-18-12(9)13(14)20/h2-7H,1H3,(H2,14,20)(H,16,17). The maximum Gasteiger partial charge on any atom is 0.271 e. The first-order valence-electron chi connectivity index (χ1n) is 5.95. The molecule has 0 aliphatic carbocycles. The fraction of sp³-hybridized carbons (Fsp3) is 0.0769. The number of primary amides is 1. The van der Waals surface area contributed by atoms with Gasteiger partial charge in [0, 0.05) is 7.05 Å². The summed E-state index contributed by atoms with van der Waals surface area (Å²) in [5, 5.41) is 10.5. The van der Waals surface area contributed by atoms with Crippen LogP contribution >= 0.6 is 0 Å². The topological polar surface area (TPSA) is 98.7 Å². The van der Waals surface area contributed by atoms with Crippen LogP contribution in [0.3, 0.4) is 0 Å². The Labute approximate surface area is 114 Å². The molecule has 2 aromatic heterocycles. The molecule has 0 bridgehead atoms. The predicted octanol–water partition coefficient (Wildman–Crippen LogP) is 1.21. The predicted molar refractivity (Wildman–Crippen MR) is 74.5 cm³/mol. The molecule has 0 saturated heterocycles. The number of aromatic nitrogens is 4. The summed E-state index contributed by atoms with van der Waals surface area (Å²) in [7, 11) is 1.92. The Hall–Kier alpha value is -2.96. The van der Waals surface area contributed by atoms with Crippen LogP contribution in [0, 0.1) is 0 Å². The first-order valence-corrected chi connectivity index (χ1v) is 5.95. The van der Waals surface area contributed by atoms with Crippen LogP contribution in [0.2, 0.25) is 0 Å².